The molecule has 0 aromatic heterocycles. The minimum absolute atomic E-state index is 0.927. The van der Waals surface area contributed by atoms with Crippen molar-refractivity contribution in [1.29, 1.82) is 0 Å². The zero-order valence-electron chi connectivity index (χ0n) is 14.5. The number of rotatable bonds is 14. The fourth-order valence-electron chi connectivity index (χ4n) is 1.53. The lowest BCUT2D eigenvalue weighted by molar-refractivity contribution is -0.184. The van der Waals surface area contributed by atoms with Gasteiger partial charge in [0.2, 0.25) is 4.69 Å². The molecule has 0 aromatic carbocycles. The van der Waals surface area contributed by atoms with Crippen molar-refractivity contribution < 1.29 is 52.5 Å². The van der Waals surface area contributed by atoms with Gasteiger partial charge in [0.15, 0.2) is 12.2 Å². The number of hydrogen-bond acceptors (Lipinski definition) is 9. The maximum absolute atomic E-state index is 11.7. The molecule has 0 bridgehead atoms. The van der Waals surface area contributed by atoms with Crippen LogP contribution in [0.15, 0.2) is 0 Å². The monoisotopic (exact) mass is 401 g/mol. The second-order valence-electron chi connectivity index (χ2n) is 3.80. The van der Waals surface area contributed by atoms with Crippen LogP contribution in [-0.2, 0) is 38.2 Å². The Hall–Kier alpha value is -1.53. The van der Waals surface area contributed by atoms with Crippen LogP contribution in [0.25, 0.3) is 0 Å². The molecule has 0 saturated heterocycles. The molecule has 0 fully saturated rings. The van der Waals surface area contributed by atoms with E-state index in [0.29, 0.717) is 0 Å². The fourth-order valence-corrected chi connectivity index (χ4v) is 1.93. The lowest BCUT2D eigenvalue weighted by Gasteiger charge is -2.32. The van der Waals surface area contributed by atoms with Gasteiger partial charge in [-0.1, -0.05) is 0 Å². The largest absolute Gasteiger partial charge is 0.479 e. The van der Waals surface area contributed by atoms with Gasteiger partial charge in [-0.15, -0.1) is 0 Å². The summed E-state index contributed by atoms with van der Waals surface area (Å²) in [6.45, 7) is -2.89. The van der Waals surface area contributed by atoms with Crippen LogP contribution in [-0.4, -0.2) is 83.9 Å². The number of carbonyl (C=O) groups is 5. The number of aliphatic hydroxyl groups excluding tert-OH is 1. The van der Waals surface area contributed by atoms with Crippen LogP contribution < -0.4 is 0 Å². The summed E-state index contributed by atoms with van der Waals surface area (Å²) in [7, 11) is 0. The number of halogens is 1. The SMILES string of the molecule is [2H]C(=O)CO[C@@H]([C@H](OCC([2H])=O)[C@@H](OCC([2H])=O)C(=O)Br)[C@H](O)C(=O)O. The maximum atomic E-state index is 11.7. The minimum atomic E-state index is -2.38. The topological polar surface area (TPSA) is 154 Å². The van der Waals surface area contributed by atoms with E-state index in [9.17, 15) is 29.1 Å². The first-order valence-corrected chi connectivity index (χ1v) is 6.70. The Morgan fingerprint density at radius 2 is 1.43 bits per heavy atom. The molecular formula is C12H15BrO10. The maximum Gasteiger partial charge on any atom is 0.335 e. The molecule has 130 valence electrons. The third-order valence-electron chi connectivity index (χ3n) is 2.40. The molecule has 0 rings (SSSR count). The molecule has 0 saturated carbocycles. The summed E-state index contributed by atoms with van der Waals surface area (Å²) in [5, 5.41) is 18.7. The van der Waals surface area contributed by atoms with Crippen molar-refractivity contribution in [1.82, 2.24) is 0 Å². The van der Waals surface area contributed by atoms with Crippen LogP contribution in [0.2, 0.25) is 0 Å². The van der Waals surface area contributed by atoms with Gasteiger partial charge in [0.25, 0.3) is 0 Å². The number of carboxylic acid groups (broad SMARTS) is 1. The number of aliphatic hydroxyl groups is 1. The molecule has 0 spiro atoms. The predicted octanol–water partition coefficient (Wildman–Crippen LogP) is -1.89. The molecule has 0 amide bonds. The predicted molar refractivity (Wildman–Crippen MR) is 75.0 cm³/mol. The van der Waals surface area contributed by atoms with Crippen molar-refractivity contribution in [3.8, 4) is 0 Å². The second-order valence-corrected chi connectivity index (χ2v) is 4.58. The molecule has 4 atom stereocenters. The average molecular weight is 402 g/mol. The second kappa shape index (κ2) is 12.0. The number of aliphatic carboxylic acids is 1. The van der Waals surface area contributed by atoms with Gasteiger partial charge in [0.1, 0.15) is 54.9 Å². The van der Waals surface area contributed by atoms with E-state index in [1.54, 1.807) is 0 Å². The van der Waals surface area contributed by atoms with E-state index in [1.165, 1.54) is 0 Å². The summed E-state index contributed by atoms with van der Waals surface area (Å²) < 4.78 is 33.9. The first kappa shape index (κ1) is 16.3. The molecule has 0 radical (unpaired) electrons. The lowest BCUT2D eigenvalue weighted by Crippen LogP contribution is -2.53. The minimum Gasteiger partial charge on any atom is -0.479 e. The van der Waals surface area contributed by atoms with E-state index >= 15 is 0 Å². The first-order valence-electron chi connectivity index (χ1n) is 7.40. The Balaban J connectivity index is 5.76. The molecule has 2 N–H and O–H groups in total. The van der Waals surface area contributed by atoms with E-state index in [-0.39, 0.29) is 0 Å². The van der Waals surface area contributed by atoms with Crippen LogP contribution in [0.1, 0.15) is 4.11 Å². The molecular weight excluding hydrogens is 384 g/mol. The van der Waals surface area contributed by atoms with Crippen molar-refractivity contribution >= 4 is 45.4 Å². The van der Waals surface area contributed by atoms with E-state index in [2.05, 4.69) is 15.9 Å². The van der Waals surface area contributed by atoms with Crippen molar-refractivity contribution in [2.45, 2.75) is 24.4 Å². The summed E-state index contributed by atoms with van der Waals surface area (Å²) in [6.07, 6.45) is -11.9. The van der Waals surface area contributed by atoms with E-state index < -0.39 is 73.7 Å². The van der Waals surface area contributed by atoms with Gasteiger partial charge >= 0.3 is 5.97 Å². The molecule has 0 aliphatic heterocycles. The van der Waals surface area contributed by atoms with Crippen molar-refractivity contribution in [3.05, 3.63) is 0 Å². The molecule has 0 aromatic rings. The Labute approximate surface area is 143 Å². The Bertz CT molecular complexity index is 557. The number of aldehydes is 3. The van der Waals surface area contributed by atoms with Crippen LogP contribution in [0.5, 0.6) is 0 Å². The standard InChI is InChI=1S/C12H15BrO10/c13-11(18)10(23-6-3-16)9(22-5-2-15)8(21-4-1-14)7(17)12(19)20/h1-3,7-10,17H,4-6H2,(H,19,20)/t7-,8+,9-,10+/m0/s1/i1D,2D,3D. The van der Waals surface area contributed by atoms with Crippen molar-refractivity contribution in [2.75, 3.05) is 19.8 Å². The number of carboxylic acids is 1. The lowest BCUT2D eigenvalue weighted by atomic mass is 10.0. The van der Waals surface area contributed by atoms with E-state index in [1.807, 2.05) is 0 Å². The number of carbonyl (C=O) groups excluding carboxylic acids is 4. The summed E-state index contributed by atoms with van der Waals surface area (Å²) in [5.41, 5.74) is 0. The van der Waals surface area contributed by atoms with Gasteiger partial charge in [-0.2, -0.15) is 0 Å². The highest BCUT2D eigenvalue weighted by molar-refractivity contribution is 9.18. The highest BCUT2D eigenvalue weighted by Crippen LogP contribution is 2.19. The average Bonchev–Trinajstić information content (AvgIpc) is 2.50. The van der Waals surface area contributed by atoms with Gasteiger partial charge in [-0.05, 0) is 15.9 Å². The summed E-state index contributed by atoms with van der Waals surface area (Å²) >= 11 is 2.50. The molecule has 11 heteroatoms. The number of ether oxygens (including phenoxy) is 3. The van der Waals surface area contributed by atoms with Crippen molar-refractivity contribution in [3.63, 3.8) is 0 Å². The van der Waals surface area contributed by atoms with E-state index in [4.69, 9.17) is 23.4 Å². The van der Waals surface area contributed by atoms with Crippen LogP contribution in [0.4, 0.5) is 0 Å². The normalized spacial score (nSPS) is 17.7. The fraction of sp³-hybridized carbons (Fsp3) is 0.583. The first-order chi connectivity index (χ1) is 12.0. The third-order valence-corrected chi connectivity index (χ3v) is 2.85. The Morgan fingerprint density at radius 3 is 1.83 bits per heavy atom. The summed E-state index contributed by atoms with van der Waals surface area (Å²) in [5.74, 6) is -1.85. The molecule has 10 nitrogen and oxygen atoms in total. The summed E-state index contributed by atoms with van der Waals surface area (Å²) in [6, 6.07) is 0. The molecule has 23 heavy (non-hydrogen) atoms. The van der Waals surface area contributed by atoms with Crippen LogP contribution in [0, 0.1) is 0 Å². The summed E-state index contributed by atoms with van der Waals surface area (Å²) in [4.78, 5) is 55.0. The Morgan fingerprint density at radius 1 is 1.00 bits per heavy atom. The van der Waals surface area contributed by atoms with Crippen LogP contribution >= 0.6 is 15.9 Å². The Kier molecular flexibility index (Phi) is 8.49. The van der Waals surface area contributed by atoms with Crippen LogP contribution in [0.3, 0.4) is 0 Å². The van der Waals surface area contributed by atoms with Gasteiger partial charge in [-0.25, -0.2) is 4.79 Å². The molecule has 0 unspecified atom stereocenters. The van der Waals surface area contributed by atoms with Gasteiger partial charge in [-0.3, -0.25) is 4.79 Å². The zero-order chi connectivity index (χ0) is 20.4. The highest BCUT2D eigenvalue weighted by Gasteiger charge is 2.42. The third kappa shape index (κ3) is 7.52. The van der Waals surface area contributed by atoms with Gasteiger partial charge in [0.05, 0.1) is 0 Å². The van der Waals surface area contributed by atoms with Crippen molar-refractivity contribution in [2.24, 2.45) is 0 Å². The molecule has 0 aliphatic rings. The van der Waals surface area contributed by atoms with Gasteiger partial charge < -0.3 is 38.8 Å². The molecule has 0 aliphatic carbocycles. The zero-order valence-corrected chi connectivity index (χ0v) is 13.1. The highest BCUT2D eigenvalue weighted by atomic mass is 79.9. The quantitative estimate of drug-likeness (QED) is 0.249. The number of hydrogen-bond donors (Lipinski definition) is 2. The smallest absolute Gasteiger partial charge is 0.335 e. The van der Waals surface area contributed by atoms with E-state index in [0.717, 1.165) is 0 Å². The molecule has 0 heterocycles. The van der Waals surface area contributed by atoms with Gasteiger partial charge in [0, 0.05) is 0 Å².